The summed E-state index contributed by atoms with van der Waals surface area (Å²) >= 11 is 0. The summed E-state index contributed by atoms with van der Waals surface area (Å²) in [6, 6.07) is 3.86. The smallest absolute Gasteiger partial charge is 0.245 e. The molecule has 17 heavy (non-hydrogen) atoms. The van der Waals surface area contributed by atoms with Crippen LogP contribution in [-0.2, 0) is 10.0 Å². The van der Waals surface area contributed by atoms with E-state index in [1.165, 1.54) is 16.4 Å². The first-order valence-corrected chi connectivity index (χ1v) is 6.91. The molecule has 0 radical (unpaired) electrons. The highest BCUT2D eigenvalue weighted by molar-refractivity contribution is 7.89. The zero-order chi connectivity index (χ0) is 12.6. The number of anilines is 1. The predicted molar refractivity (Wildman–Crippen MR) is 63.4 cm³/mol. The van der Waals surface area contributed by atoms with Gasteiger partial charge in [-0.2, -0.15) is 4.31 Å². The topological polar surface area (TPSA) is 63.4 Å². The van der Waals surface area contributed by atoms with Crippen molar-refractivity contribution in [2.75, 3.05) is 18.8 Å². The molecule has 1 atom stereocenters. The molecule has 0 spiro atoms. The molecule has 6 heteroatoms. The lowest BCUT2D eigenvalue weighted by Gasteiger charge is -2.17. The molecule has 0 aromatic heterocycles. The molecule has 0 saturated carbocycles. The van der Waals surface area contributed by atoms with Crippen LogP contribution in [0, 0.1) is 11.7 Å². The van der Waals surface area contributed by atoms with Crippen LogP contribution in [0.2, 0.25) is 0 Å². The molecule has 1 heterocycles. The van der Waals surface area contributed by atoms with Gasteiger partial charge in [-0.05, 0) is 24.5 Å². The van der Waals surface area contributed by atoms with Crippen molar-refractivity contribution < 1.29 is 12.8 Å². The van der Waals surface area contributed by atoms with Gasteiger partial charge >= 0.3 is 0 Å². The molecule has 1 aliphatic rings. The van der Waals surface area contributed by atoms with Crippen LogP contribution >= 0.6 is 0 Å². The molecule has 1 aromatic carbocycles. The SMILES string of the molecule is CC1CCN(S(=O)(=O)c2cccc(F)c2N)C1. The minimum Gasteiger partial charge on any atom is -0.395 e. The number of para-hydroxylation sites is 1. The molecule has 94 valence electrons. The van der Waals surface area contributed by atoms with E-state index in [9.17, 15) is 12.8 Å². The Kier molecular flexibility index (Phi) is 3.09. The van der Waals surface area contributed by atoms with Crippen LogP contribution < -0.4 is 5.73 Å². The van der Waals surface area contributed by atoms with Gasteiger partial charge in [-0.1, -0.05) is 13.0 Å². The van der Waals surface area contributed by atoms with E-state index in [2.05, 4.69) is 0 Å². The largest absolute Gasteiger partial charge is 0.395 e. The standard InChI is InChI=1S/C11H15FN2O2S/c1-8-5-6-14(7-8)17(15,16)10-4-2-3-9(12)11(10)13/h2-4,8H,5-7,13H2,1H3. The minimum absolute atomic E-state index is 0.133. The second kappa shape index (κ2) is 4.27. The van der Waals surface area contributed by atoms with Gasteiger partial charge in [0, 0.05) is 13.1 Å². The van der Waals surface area contributed by atoms with Crippen molar-refractivity contribution in [1.29, 1.82) is 0 Å². The maximum Gasteiger partial charge on any atom is 0.245 e. The van der Waals surface area contributed by atoms with E-state index in [-0.39, 0.29) is 10.6 Å². The molecule has 0 amide bonds. The Hall–Kier alpha value is -1.14. The molecule has 0 aliphatic carbocycles. The summed E-state index contributed by atoms with van der Waals surface area (Å²) in [7, 11) is -3.66. The number of nitrogens with zero attached hydrogens (tertiary/aromatic N) is 1. The van der Waals surface area contributed by atoms with Gasteiger partial charge in [0.15, 0.2) is 0 Å². The van der Waals surface area contributed by atoms with Crippen LogP contribution in [0.5, 0.6) is 0 Å². The van der Waals surface area contributed by atoms with E-state index in [1.54, 1.807) is 0 Å². The van der Waals surface area contributed by atoms with E-state index in [0.29, 0.717) is 19.0 Å². The number of hydrogen-bond donors (Lipinski definition) is 1. The normalized spacial score (nSPS) is 21.9. The van der Waals surface area contributed by atoms with Gasteiger partial charge in [0.05, 0.1) is 5.69 Å². The van der Waals surface area contributed by atoms with E-state index in [1.807, 2.05) is 6.92 Å². The van der Waals surface area contributed by atoms with Gasteiger partial charge < -0.3 is 5.73 Å². The quantitative estimate of drug-likeness (QED) is 0.816. The lowest BCUT2D eigenvalue weighted by atomic mass is 10.2. The zero-order valence-corrected chi connectivity index (χ0v) is 10.4. The van der Waals surface area contributed by atoms with Gasteiger partial charge in [0.1, 0.15) is 10.7 Å². The van der Waals surface area contributed by atoms with Crippen molar-refractivity contribution in [3.8, 4) is 0 Å². The second-order valence-electron chi connectivity index (χ2n) is 4.41. The number of nitrogens with two attached hydrogens (primary N) is 1. The molecule has 2 N–H and O–H groups in total. The average Bonchev–Trinajstić information content (AvgIpc) is 2.69. The van der Waals surface area contributed by atoms with E-state index in [0.717, 1.165) is 12.5 Å². The molecule has 0 bridgehead atoms. The van der Waals surface area contributed by atoms with Gasteiger partial charge in [0.25, 0.3) is 0 Å². The fourth-order valence-corrected chi connectivity index (χ4v) is 3.69. The lowest BCUT2D eigenvalue weighted by Crippen LogP contribution is -2.29. The number of halogens is 1. The van der Waals surface area contributed by atoms with Crippen LogP contribution in [0.4, 0.5) is 10.1 Å². The fraction of sp³-hybridized carbons (Fsp3) is 0.455. The Morgan fingerprint density at radius 3 is 2.76 bits per heavy atom. The minimum atomic E-state index is -3.66. The third kappa shape index (κ3) is 2.14. The van der Waals surface area contributed by atoms with E-state index in [4.69, 9.17) is 5.73 Å². The third-order valence-corrected chi connectivity index (χ3v) is 4.94. The van der Waals surface area contributed by atoms with Crippen molar-refractivity contribution in [3.05, 3.63) is 24.0 Å². The maximum atomic E-state index is 13.3. The Bertz CT molecular complexity index is 530. The van der Waals surface area contributed by atoms with Crippen LogP contribution in [0.1, 0.15) is 13.3 Å². The first-order chi connectivity index (χ1) is 7.93. The summed E-state index contributed by atoms with van der Waals surface area (Å²) in [5.74, 6) is -0.363. The van der Waals surface area contributed by atoms with Crippen molar-refractivity contribution >= 4 is 15.7 Å². The average molecular weight is 258 g/mol. The third-order valence-electron chi connectivity index (χ3n) is 3.02. The summed E-state index contributed by atoms with van der Waals surface area (Å²) in [4.78, 5) is -0.133. The van der Waals surface area contributed by atoms with Gasteiger partial charge in [0.2, 0.25) is 10.0 Å². The van der Waals surface area contributed by atoms with Gasteiger partial charge in [-0.15, -0.1) is 0 Å². The predicted octanol–water partition coefficient (Wildman–Crippen LogP) is 1.44. The summed E-state index contributed by atoms with van der Waals surface area (Å²) in [6.45, 7) is 2.93. The fourth-order valence-electron chi connectivity index (χ4n) is 1.99. The molecule has 1 saturated heterocycles. The summed E-state index contributed by atoms with van der Waals surface area (Å²) in [5.41, 5.74) is 5.19. The van der Waals surface area contributed by atoms with E-state index >= 15 is 0 Å². The lowest BCUT2D eigenvalue weighted by molar-refractivity contribution is 0.464. The number of nitrogen functional groups attached to an aromatic ring is 1. The zero-order valence-electron chi connectivity index (χ0n) is 9.56. The number of hydrogen-bond acceptors (Lipinski definition) is 3. The maximum absolute atomic E-state index is 13.3. The first-order valence-electron chi connectivity index (χ1n) is 5.47. The molecule has 1 unspecified atom stereocenters. The molecule has 4 nitrogen and oxygen atoms in total. The molecule has 1 fully saturated rings. The highest BCUT2D eigenvalue weighted by Crippen LogP contribution is 2.28. The molecular weight excluding hydrogens is 243 g/mol. The van der Waals surface area contributed by atoms with Crippen molar-refractivity contribution in [1.82, 2.24) is 4.31 Å². The number of rotatable bonds is 2. The van der Waals surface area contributed by atoms with Crippen molar-refractivity contribution in [2.24, 2.45) is 5.92 Å². The second-order valence-corrected chi connectivity index (χ2v) is 6.31. The van der Waals surface area contributed by atoms with Crippen LogP contribution in [0.25, 0.3) is 0 Å². The number of sulfonamides is 1. The van der Waals surface area contributed by atoms with Gasteiger partial charge in [-0.25, -0.2) is 12.8 Å². The highest BCUT2D eigenvalue weighted by Gasteiger charge is 2.32. The van der Waals surface area contributed by atoms with Crippen LogP contribution in [0.3, 0.4) is 0 Å². The van der Waals surface area contributed by atoms with Gasteiger partial charge in [-0.3, -0.25) is 0 Å². The van der Waals surface area contributed by atoms with Crippen LogP contribution in [0.15, 0.2) is 23.1 Å². The highest BCUT2D eigenvalue weighted by atomic mass is 32.2. The molecule has 1 aromatic rings. The number of benzene rings is 1. The van der Waals surface area contributed by atoms with Crippen molar-refractivity contribution in [3.63, 3.8) is 0 Å². The molecular formula is C11H15FN2O2S. The van der Waals surface area contributed by atoms with Crippen LogP contribution in [-0.4, -0.2) is 25.8 Å². The van der Waals surface area contributed by atoms with E-state index < -0.39 is 15.8 Å². The summed E-state index contributed by atoms with van der Waals surface area (Å²) < 4.78 is 39.1. The first kappa shape index (κ1) is 12.3. The summed E-state index contributed by atoms with van der Waals surface area (Å²) in [5, 5.41) is 0. The Balaban J connectivity index is 2.42. The Morgan fingerprint density at radius 2 is 2.18 bits per heavy atom. The summed E-state index contributed by atoms with van der Waals surface area (Å²) in [6.07, 6.45) is 0.828. The monoisotopic (exact) mass is 258 g/mol. The molecule has 1 aliphatic heterocycles. The Morgan fingerprint density at radius 1 is 1.47 bits per heavy atom. The van der Waals surface area contributed by atoms with Crippen molar-refractivity contribution in [2.45, 2.75) is 18.2 Å². The molecule has 2 rings (SSSR count). The Labute approximate surface area is 100 Å².